The van der Waals surface area contributed by atoms with Crippen molar-refractivity contribution < 1.29 is 9.21 Å². The lowest BCUT2D eigenvalue weighted by atomic mass is 10.2. The third-order valence-electron chi connectivity index (χ3n) is 3.07. The minimum absolute atomic E-state index is 0.166. The van der Waals surface area contributed by atoms with Gasteiger partial charge in [-0.05, 0) is 24.3 Å². The SMILES string of the molecule is O=C(CCc1nnc(-c2ccccc2Cl)o1)Nc1ccccn1. The summed E-state index contributed by atoms with van der Waals surface area (Å²) in [4.78, 5) is 15.9. The van der Waals surface area contributed by atoms with Crippen molar-refractivity contribution in [2.24, 2.45) is 0 Å². The lowest BCUT2D eigenvalue weighted by Crippen LogP contribution is -2.13. The first kappa shape index (κ1) is 15.2. The van der Waals surface area contributed by atoms with Gasteiger partial charge in [-0.1, -0.05) is 29.8 Å². The van der Waals surface area contributed by atoms with Gasteiger partial charge in [0.1, 0.15) is 5.82 Å². The smallest absolute Gasteiger partial charge is 0.249 e. The second kappa shape index (κ2) is 7.02. The third kappa shape index (κ3) is 3.92. The number of hydrogen-bond donors (Lipinski definition) is 1. The van der Waals surface area contributed by atoms with Crippen LogP contribution in [0, 0.1) is 0 Å². The van der Waals surface area contributed by atoms with E-state index in [9.17, 15) is 4.79 Å². The summed E-state index contributed by atoms with van der Waals surface area (Å²) in [5.74, 6) is 1.08. The van der Waals surface area contributed by atoms with E-state index in [-0.39, 0.29) is 12.3 Å². The molecule has 0 radical (unpaired) electrons. The summed E-state index contributed by atoms with van der Waals surface area (Å²) < 4.78 is 5.55. The van der Waals surface area contributed by atoms with Crippen LogP contribution in [0.3, 0.4) is 0 Å². The maximum atomic E-state index is 11.9. The average Bonchev–Trinajstić information content (AvgIpc) is 3.03. The third-order valence-corrected chi connectivity index (χ3v) is 3.40. The summed E-state index contributed by atoms with van der Waals surface area (Å²) in [6, 6.07) is 12.5. The molecule has 0 bridgehead atoms. The Morgan fingerprint density at radius 2 is 1.96 bits per heavy atom. The fourth-order valence-corrected chi connectivity index (χ4v) is 2.18. The largest absolute Gasteiger partial charge is 0.421 e. The number of benzene rings is 1. The quantitative estimate of drug-likeness (QED) is 0.776. The predicted octanol–water partition coefficient (Wildman–Crippen LogP) is 3.36. The zero-order valence-electron chi connectivity index (χ0n) is 12.1. The summed E-state index contributed by atoms with van der Waals surface area (Å²) in [5, 5.41) is 11.1. The van der Waals surface area contributed by atoms with Crippen molar-refractivity contribution in [2.45, 2.75) is 12.8 Å². The van der Waals surface area contributed by atoms with Crippen molar-refractivity contribution in [3.8, 4) is 11.5 Å². The highest BCUT2D eigenvalue weighted by Crippen LogP contribution is 2.26. The summed E-state index contributed by atoms with van der Waals surface area (Å²) in [6.07, 6.45) is 2.18. The molecule has 0 unspecified atom stereocenters. The molecule has 0 aliphatic heterocycles. The Morgan fingerprint density at radius 3 is 2.74 bits per heavy atom. The zero-order chi connectivity index (χ0) is 16.1. The van der Waals surface area contributed by atoms with Crippen LogP contribution >= 0.6 is 11.6 Å². The Balaban J connectivity index is 1.59. The maximum absolute atomic E-state index is 11.9. The van der Waals surface area contributed by atoms with E-state index in [4.69, 9.17) is 16.0 Å². The molecule has 1 N–H and O–H groups in total. The maximum Gasteiger partial charge on any atom is 0.249 e. The summed E-state index contributed by atoms with van der Waals surface area (Å²) in [5.41, 5.74) is 0.672. The van der Waals surface area contributed by atoms with E-state index in [1.54, 1.807) is 36.5 Å². The van der Waals surface area contributed by atoms with Crippen LogP contribution < -0.4 is 5.32 Å². The molecule has 0 aliphatic carbocycles. The number of rotatable bonds is 5. The van der Waals surface area contributed by atoms with Gasteiger partial charge in [0.15, 0.2) is 0 Å². The monoisotopic (exact) mass is 328 g/mol. The van der Waals surface area contributed by atoms with Gasteiger partial charge in [0, 0.05) is 19.0 Å². The molecule has 7 heteroatoms. The molecule has 116 valence electrons. The number of hydrogen-bond acceptors (Lipinski definition) is 5. The Bertz CT molecular complexity index is 805. The number of aromatic nitrogens is 3. The number of pyridine rings is 1. The van der Waals surface area contributed by atoms with Crippen LogP contribution in [0.15, 0.2) is 53.1 Å². The number of carbonyl (C=O) groups excluding carboxylic acids is 1. The van der Waals surface area contributed by atoms with Gasteiger partial charge in [0.05, 0.1) is 10.6 Å². The van der Waals surface area contributed by atoms with E-state index < -0.39 is 0 Å². The lowest BCUT2D eigenvalue weighted by Gasteiger charge is -2.02. The summed E-state index contributed by atoms with van der Waals surface area (Å²) in [7, 11) is 0. The molecule has 23 heavy (non-hydrogen) atoms. The summed E-state index contributed by atoms with van der Waals surface area (Å²) >= 11 is 6.09. The van der Waals surface area contributed by atoms with Crippen molar-refractivity contribution in [3.05, 3.63) is 59.6 Å². The molecule has 0 atom stereocenters. The van der Waals surface area contributed by atoms with Crippen molar-refractivity contribution in [3.63, 3.8) is 0 Å². The fourth-order valence-electron chi connectivity index (χ4n) is 1.96. The number of nitrogens with zero attached hydrogens (tertiary/aromatic N) is 3. The minimum atomic E-state index is -0.166. The van der Waals surface area contributed by atoms with Crippen LogP contribution in [0.5, 0.6) is 0 Å². The van der Waals surface area contributed by atoms with E-state index in [2.05, 4.69) is 20.5 Å². The topological polar surface area (TPSA) is 80.9 Å². The summed E-state index contributed by atoms with van der Waals surface area (Å²) in [6.45, 7) is 0. The first-order valence-corrected chi connectivity index (χ1v) is 7.38. The number of aryl methyl sites for hydroxylation is 1. The van der Waals surface area contributed by atoms with E-state index in [0.29, 0.717) is 34.6 Å². The van der Waals surface area contributed by atoms with E-state index in [1.165, 1.54) is 0 Å². The first-order valence-electron chi connectivity index (χ1n) is 7.00. The minimum Gasteiger partial charge on any atom is -0.421 e. The normalized spacial score (nSPS) is 10.5. The van der Waals surface area contributed by atoms with E-state index in [0.717, 1.165) is 0 Å². The van der Waals surface area contributed by atoms with Crippen LogP contribution in [0.25, 0.3) is 11.5 Å². The number of nitrogens with one attached hydrogen (secondary N) is 1. The molecule has 0 spiro atoms. The predicted molar refractivity (Wildman–Crippen MR) is 85.9 cm³/mol. The number of halogens is 1. The van der Waals surface area contributed by atoms with Crippen LogP contribution in [-0.2, 0) is 11.2 Å². The van der Waals surface area contributed by atoms with E-state index >= 15 is 0 Å². The Kier molecular flexibility index (Phi) is 4.63. The van der Waals surface area contributed by atoms with Crippen molar-refractivity contribution in [1.29, 1.82) is 0 Å². The molecule has 0 saturated carbocycles. The highest BCUT2D eigenvalue weighted by molar-refractivity contribution is 6.33. The van der Waals surface area contributed by atoms with Gasteiger partial charge in [-0.2, -0.15) is 0 Å². The number of carbonyl (C=O) groups is 1. The molecule has 0 saturated heterocycles. The van der Waals surface area contributed by atoms with E-state index in [1.807, 2.05) is 12.1 Å². The van der Waals surface area contributed by atoms with Crippen LogP contribution in [0.2, 0.25) is 5.02 Å². The van der Waals surface area contributed by atoms with Crippen molar-refractivity contribution in [2.75, 3.05) is 5.32 Å². The molecular weight excluding hydrogens is 316 g/mol. The molecule has 1 amide bonds. The molecule has 0 fully saturated rings. The van der Waals surface area contributed by atoms with Gasteiger partial charge in [-0.25, -0.2) is 4.98 Å². The fraction of sp³-hybridized carbons (Fsp3) is 0.125. The van der Waals surface area contributed by atoms with Gasteiger partial charge < -0.3 is 9.73 Å². The molecule has 0 aliphatic rings. The Hall–Kier alpha value is -2.73. The molecule has 2 aromatic heterocycles. The zero-order valence-corrected chi connectivity index (χ0v) is 12.8. The highest BCUT2D eigenvalue weighted by atomic mass is 35.5. The van der Waals surface area contributed by atoms with Crippen LogP contribution in [-0.4, -0.2) is 21.1 Å². The standard InChI is InChI=1S/C16H13ClN4O2/c17-12-6-2-1-5-11(12)16-21-20-15(23-16)9-8-14(22)19-13-7-3-4-10-18-13/h1-7,10H,8-9H2,(H,18,19,22). The molecule has 6 nitrogen and oxygen atoms in total. The van der Waals surface area contributed by atoms with Gasteiger partial charge in [-0.3, -0.25) is 4.79 Å². The molecule has 3 rings (SSSR count). The van der Waals surface area contributed by atoms with Crippen molar-refractivity contribution >= 4 is 23.3 Å². The molecule has 3 aromatic rings. The Labute approximate surface area is 137 Å². The number of amides is 1. The highest BCUT2D eigenvalue weighted by Gasteiger charge is 2.12. The van der Waals surface area contributed by atoms with Crippen molar-refractivity contribution in [1.82, 2.24) is 15.2 Å². The molecule has 1 aromatic carbocycles. The first-order chi connectivity index (χ1) is 11.2. The van der Waals surface area contributed by atoms with Gasteiger partial charge >= 0.3 is 0 Å². The second-order valence-corrected chi connectivity index (χ2v) is 5.15. The van der Waals surface area contributed by atoms with Crippen LogP contribution in [0.4, 0.5) is 5.82 Å². The number of anilines is 1. The van der Waals surface area contributed by atoms with Gasteiger partial charge in [0.25, 0.3) is 0 Å². The van der Waals surface area contributed by atoms with Gasteiger partial charge in [0.2, 0.25) is 17.7 Å². The molecule has 2 heterocycles. The lowest BCUT2D eigenvalue weighted by molar-refractivity contribution is -0.116. The van der Waals surface area contributed by atoms with Gasteiger partial charge in [-0.15, -0.1) is 10.2 Å². The second-order valence-electron chi connectivity index (χ2n) is 4.74. The average molecular weight is 329 g/mol. The Morgan fingerprint density at radius 1 is 1.13 bits per heavy atom. The van der Waals surface area contributed by atoms with Crippen LogP contribution in [0.1, 0.15) is 12.3 Å². The molecular formula is C16H13ClN4O2.